The van der Waals surface area contributed by atoms with Crippen LogP contribution in [-0.2, 0) is 39.0 Å². The van der Waals surface area contributed by atoms with E-state index in [1.807, 2.05) is 50.2 Å². The number of ether oxygens (including phenoxy) is 2. The van der Waals surface area contributed by atoms with E-state index in [1.165, 1.54) is 5.69 Å². The highest BCUT2D eigenvalue weighted by molar-refractivity contribution is 7.84. The van der Waals surface area contributed by atoms with Crippen LogP contribution in [0.5, 0.6) is 5.75 Å². The van der Waals surface area contributed by atoms with Crippen LogP contribution >= 0.6 is 0 Å². The fraction of sp³-hybridized carbons (Fsp3) is 0.455. The lowest BCUT2D eigenvalue weighted by atomic mass is 9.93. The van der Waals surface area contributed by atoms with Crippen molar-refractivity contribution in [2.24, 2.45) is 5.92 Å². The molecule has 7 nitrogen and oxygen atoms in total. The van der Waals surface area contributed by atoms with Gasteiger partial charge in [-0.3, -0.25) is 9.00 Å². The van der Waals surface area contributed by atoms with Crippen LogP contribution in [0.2, 0.25) is 0 Å². The molecule has 4 aromatic rings. The number of fused-ring (bicyclic) bond motifs is 1. The van der Waals surface area contributed by atoms with Crippen LogP contribution in [0.3, 0.4) is 0 Å². The van der Waals surface area contributed by atoms with Gasteiger partial charge in [0, 0.05) is 49.4 Å². The summed E-state index contributed by atoms with van der Waals surface area (Å²) in [5.41, 5.74) is 7.21. The van der Waals surface area contributed by atoms with Crippen LogP contribution in [-0.4, -0.2) is 52.5 Å². The minimum atomic E-state index is -1.19. The summed E-state index contributed by atoms with van der Waals surface area (Å²) in [4.78, 5) is 21.3. The van der Waals surface area contributed by atoms with E-state index in [0.717, 1.165) is 103 Å². The van der Waals surface area contributed by atoms with E-state index < -0.39 is 10.8 Å². The lowest BCUT2D eigenvalue weighted by molar-refractivity contribution is -0.115. The van der Waals surface area contributed by atoms with Gasteiger partial charge in [0.1, 0.15) is 12.4 Å². The topological polar surface area (TPSA) is 73.7 Å². The SMILES string of the molecule is CC.CCCCOCCOc1ccc(-c2ccc3c(c2)/C=C(/C(=O)Cc2ccc(S(=O)Cc4cncn4CCC)cc2)CCCN3CC(C)C)cc1. The number of rotatable bonds is 18. The summed E-state index contributed by atoms with van der Waals surface area (Å²) >= 11 is 0. The van der Waals surface area contributed by atoms with Gasteiger partial charge >= 0.3 is 0 Å². The quantitative estimate of drug-likeness (QED) is 0.0952. The van der Waals surface area contributed by atoms with E-state index in [4.69, 9.17) is 9.47 Å². The molecule has 0 fully saturated rings. The van der Waals surface area contributed by atoms with E-state index in [2.05, 4.69) is 78.6 Å². The first kappa shape index (κ1) is 40.8. The van der Waals surface area contributed by atoms with Gasteiger partial charge in [0.05, 0.1) is 35.2 Å². The number of carbonyl (C=O) groups excluding carboxylic acids is 1. The van der Waals surface area contributed by atoms with Crippen molar-refractivity contribution < 1.29 is 18.5 Å². The predicted molar refractivity (Wildman–Crippen MR) is 216 cm³/mol. The van der Waals surface area contributed by atoms with Crippen LogP contribution in [0.25, 0.3) is 17.2 Å². The van der Waals surface area contributed by atoms with Gasteiger partial charge < -0.3 is 18.9 Å². The molecule has 0 aliphatic carbocycles. The van der Waals surface area contributed by atoms with Crippen molar-refractivity contribution in [3.05, 3.63) is 102 Å². The molecule has 5 rings (SSSR count). The number of allylic oxidation sites excluding steroid dienone is 1. The molecule has 8 heteroatoms. The monoisotopic (exact) mass is 725 g/mol. The Morgan fingerprint density at radius 1 is 0.923 bits per heavy atom. The van der Waals surface area contributed by atoms with E-state index in [-0.39, 0.29) is 5.78 Å². The van der Waals surface area contributed by atoms with Crippen molar-refractivity contribution in [2.45, 2.75) is 97.3 Å². The Morgan fingerprint density at radius 2 is 1.67 bits per heavy atom. The zero-order chi connectivity index (χ0) is 37.3. The van der Waals surface area contributed by atoms with Gasteiger partial charge in [-0.2, -0.15) is 0 Å². The van der Waals surface area contributed by atoms with Crippen molar-refractivity contribution in [1.82, 2.24) is 9.55 Å². The lowest BCUT2D eigenvalue weighted by Gasteiger charge is -2.30. The van der Waals surface area contributed by atoms with Crippen molar-refractivity contribution in [2.75, 3.05) is 37.8 Å². The standard InChI is InChI=1S/C42H53N3O4S.C2H6/c1-5-7-22-48-23-24-49-39-15-12-34(13-16-39)35-14-19-41-37(26-35)27-36(9-8-21-44(41)29-32(3)4)42(46)25-33-10-17-40(18-11-33)50(47)30-38-28-43-31-45(38)20-6-2;1-2/h10-19,26-28,31-32H,5-9,20-25,29-30H2,1-4H3;1-2H3/b36-27+;. The molecule has 1 atom stereocenters. The number of nitrogens with zero attached hydrogens (tertiary/aromatic N) is 3. The van der Waals surface area contributed by atoms with Crippen LogP contribution in [0, 0.1) is 5.92 Å². The minimum absolute atomic E-state index is 0.135. The Balaban J connectivity index is 0.00000297. The van der Waals surface area contributed by atoms with Gasteiger partial charge in [0.2, 0.25) is 0 Å². The molecule has 3 aromatic carbocycles. The van der Waals surface area contributed by atoms with E-state index in [9.17, 15) is 9.00 Å². The number of ketones is 1. The number of carbonyl (C=O) groups is 1. The Bertz CT molecular complexity index is 1730. The first-order valence-corrected chi connectivity index (χ1v) is 20.6. The first-order valence-electron chi connectivity index (χ1n) is 19.2. The normalized spacial score (nSPS) is 14.4. The number of hydrogen-bond acceptors (Lipinski definition) is 6. The third-order valence-electron chi connectivity index (χ3n) is 8.94. The number of aromatic nitrogens is 2. The minimum Gasteiger partial charge on any atom is -0.491 e. The van der Waals surface area contributed by atoms with E-state index in [0.29, 0.717) is 31.3 Å². The summed E-state index contributed by atoms with van der Waals surface area (Å²) in [5.74, 6) is 1.91. The summed E-state index contributed by atoms with van der Waals surface area (Å²) in [6, 6.07) is 22.5. The smallest absolute Gasteiger partial charge is 0.163 e. The average molecular weight is 726 g/mol. The Hall–Kier alpha value is -4.01. The second-order valence-corrected chi connectivity index (χ2v) is 15.0. The fourth-order valence-corrected chi connectivity index (χ4v) is 7.44. The molecule has 1 aliphatic heterocycles. The largest absolute Gasteiger partial charge is 0.491 e. The van der Waals surface area contributed by atoms with E-state index >= 15 is 0 Å². The predicted octanol–water partition coefficient (Wildman–Crippen LogP) is 9.94. The van der Waals surface area contributed by atoms with Crippen molar-refractivity contribution in [3.63, 3.8) is 0 Å². The molecule has 0 saturated carbocycles. The zero-order valence-electron chi connectivity index (χ0n) is 32.2. The molecular formula is C44H59N3O4S. The molecule has 1 aromatic heterocycles. The van der Waals surface area contributed by atoms with Crippen molar-refractivity contribution in [3.8, 4) is 16.9 Å². The fourth-order valence-electron chi connectivity index (χ4n) is 6.33. The molecule has 280 valence electrons. The second-order valence-electron chi connectivity index (χ2n) is 13.5. The molecule has 2 heterocycles. The number of anilines is 1. The van der Waals surface area contributed by atoms with Crippen LogP contribution < -0.4 is 9.64 Å². The Labute approximate surface area is 314 Å². The summed E-state index contributed by atoms with van der Waals surface area (Å²) in [6.45, 7) is 17.4. The van der Waals surface area contributed by atoms with Crippen LogP contribution in [0.4, 0.5) is 5.69 Å². The molecule has 0 radical (unpaired) electrons. The number of imidazole rings is 1. The van der Waals surface area contributed by atoms with Gasteiger partial charge in [-0.05, 0) is 102 Å². The molecule has 52 heavy (non-hydrogen) atoms. The molecule has 0 amide bonds. The molecule has 1 unspecified atom stereocenters. The lowest BCUT2D eigenvalue weighted by Crippen LogP contribution is -2.30. The van der Waals surface area contributed by atoms with E-state index in [1.54, 1.807) is 12.5 Å². The highest BCUT2D eigenvalue weighted by Crippen LogP contribution is 2.33. The second kappa shape index (κ2) is 21.5. The molecule has 0 saturated heterocycles. The third-order valence-corrected chi connectivity index (χ3v) is 10.3. The molecule has 0 N–H and O–H groups in total. The van der Waals surface area contributed by atoms with Crippen LogP contribution in [0.1, 0.15) is 90.5 Å². The first-order chi connectivity index (χ1) is 25.3. The van der Waals surface area contributed by atoms with Gasteiger partial charge in [-0.25, -0.2) is 4.98 Å². The maximum Gasteiger partial charge on any atom is 0.163 e. The van der Waals surface area contributed by atoms with Crippen molar-refractivity contribution >= 4 is 28.3 Å². The molecule has 0 spiro atoms. The van der Waals surface area contributed by atoms with Gasteiger partial charge in [0.25, 0.3) is 0 Å². The Kier molecular flexibility index (Phi) is 16.9. The van der Waals surface area contributed by atoms with Gasteiger partial charge in [-0.1, -0.05) is 78.3 Å². The number of hydrogen-bond donors (Lipinski definition) is 0. The molecule has 1 aliphatic rings. The highest BCUT2D eigenvalue weighted by Gasteiger charge is 2.20. The maximum atomic E-state index is 13.8. The summed E-state index contributed by atoms with van der Waals surface area (Å²) < 4.78 is 26.7. The van der Waals surface area contributed by atoms with Gasteiger partial charge in [0.15, 0.2) is 5.78 Å². The number of aryl methyl sites for hydroxylation is 1. The summed E-state index contributed by atoms with van der Waals surface area (Å²) in [5, 5.41) is 0. The third kappa shape index (κ3) is 12.0. The van der Waals surface area contributed by atoms with Crippen molar-refractivity contribution in [1.29, 1.82) is 0 Å². The maximum absolute atomic E-state index is 13.8. The van der Waals surface area contributed by atoms with Crippen LogP contribution in [0.15, 0.2) is 89.7 Å². The molecule has 0 bridgehead atoms. The van der Waals surface area contributed by atoms with Gasteiger partial charge in [-0.15, -0.1) is 0 Å². The highest BCUT2D eigenvalue weighted by atomic mass is 32.2. The number of Topliss-reactive ketones (excluding diaryl/α,β-unsaturated/α-hetero) is 1. The average Bonchev–Trinajstić information content (AvgIpc) is 3.58. The Morgan fingerprint density at radius 3 is 2.38 bits per heavy atom. The summed E-state index contributed by atoms with van der Waals surface area (Å²) in [7, 11) is -1.19. The zero-order valence-corrected chi connectivity index (χ0v) is 33.1. The molecular weight excluding hydrogens is 667 g/mol. The number of unbranched alkanes of at least 4 members (excludes halogenated alkanes) is 1. The number of benzene rings is 3. The summed E-state index contributed by atoms with van der Waals surface area (Å²) in [6.07, 6.45) is 10.9.